The fraction of sp³-hybridized carbons (Fsp3) is 0.417. The van der Waals surface area contributed by atoms with Crippen molar-refractivity contribution in [1.82, 2.24) is 0 Å². The second-order valence-corrected chi connectivity index (χ2v) is 8.02. The molecule has 1 saturated heterocycles. The summed E-state index contributed by atoms with van der Waals surface area (Å²) in [7, 11) is -3.03. The van der Waals surface area contributed by atoms with Gasteiger partial charge in [0, 0.05) is 17.4 Å². The van der Waals surface area contributed by atoms with Gasteiger partial charge in [-0.3, -0.25) is 4.79 Å². The largest absolute Gasteiger partial charge is 0.364 e. The Labute approximate surface area is 120 Å². The van der Waals surface area contributed by atoms with Gasteiger partial charge in [-0.2, -0.15) is 0 Å². The van der Waals surface area contributed by atoms with Crippen molar-refractivity contribution in [2.75, 3.05) is 28.3 Å². The van der Waals surface area contributed by atoms with Crippen LogP contribution in [0, 0.1) is 0 Å². The summed E-state index contributed by atoms with van der Waals surface area (Å²) in [6.07, 6.45) is 0.214. The number of hydrogen-bond donors (Lipinski definition) is 1. The summed E-state index contributed by atoms with van der Waals surface area (Å²) >= 11 is 3.38. The predicted molar refractivity (Wildman–Crippen MR) is 77.2 cm³/mol. The molecule has 1 amide bonds. The average Bonchev–Trinajstić information content (AvgIpc) is 2.41. The highest BCUT2D eigenvalue weighted by Gasteiger charge is 2.35. The minimum atomic E-state index is -3.03. The molecule has 102 valence electrons. The molecule has 0 bridgehead atoms. The van der Waals surface area contributed by atoms with E-state index in [-0.39, 0.29) is 29.9 Å². The summed E-state index contributed by atoms with van der Waals surface area (Å²) in [5.41, 5.74) is 1.63. The van der Waals surface area contributed by atoms with Gasteiger partial charge in [-0.1, -0.05) is 15.9 Å². The molecule has 0 aliphatic carbocycles. The molecule has 19 heavy (non-hydrogen) atoms. The van der Waals surface area contributed by atoms with Gasteiger partial charge in [0.15, 0.2) is 9.84 Å². The van der Waals surface area contributed by atoms with Crippen molar-refractivity contribution >= 4 is 43.0 Å². The van der Waals surface area contributed by atoms with E-state index in [1.807, 2.05) is 23.1 Å². The molecule has 2 aliphatic heterocycles. The Morgan fingerprint density at radius 3 is 2.95 bits per heavy atom. The zero-order chi connectivity index (χ0) is 13.6. The fourth-order valence-electron chi connectivity index (χ4n) is 2.65. The molecule has 0 saturated carbocycles. The number of anilines is 2. The average molecular weight is 345 g/mol. The number of sulfone groups is 1. The Hall–Kier alpha value is -1.08. The van der Waals surface area contributed by atoms with Crippen molar-refractivity contribution in [2.45, 2.75) is 12.5 Å². The number of hydrogen-bond acceptors (Lipinski definition) is 4. The van der Waals surface area contributed by atoms with Gasteiger partial charge in [0.2, 0.25) is 5.91 Å². The van der Waals surface area contributed by atoms with Crippen molar-refractivity contribution in [3.05, 3.63) is 22.7 Å². The minimum absolute atomic E-state index is 0.0515. The second-order valence-electron chi connectivity index (χ2n) is 4.88. The zero-order valence-electron chi connectivity index (χ0n) is 10.1. The van der Waals surface area contributed by atoms with E-state index in [9.17, 15) is 13.2 Å². The monoisotopic (exact) mass is 344 g/mol. The first kappa shape index (κ1) is 12.9. The number of nitrogens with one attached hydrogen (secondary N) is 1. The first-order valence-electron chi connectivity index (χ1n) is 6.01. The summed E-state index contributed by atoms with van der Waals surface area (Å²) in [6, 6.07) is 5.40. The van der Waals surface area contributed by atoms with E-state index in [1.165, 1.54) is 0 Å². The standard InChI is InChI=1S/C12H13BrN2O3S/c13-8-1-2-11-10(5-8)14-12(16)6-9-7-19(17,18)4-3-15(9)11/h1-2,5,9H,3-4,6-7H2,(H,14,16). The molecule has 2 heterocycles. The molecular formula is C12H13BrN2O3S. The number of carbonyl (C=O) groups is 1. The molecule has 3 rings (SSSR count). The van der Waals surface area contributed by atoms with E-state index in [0.717, 1.165) is 15.8 Å². The van der Waals surface area contributed by atoms with E-state index in [4.69, 9.17) is 0 Å². The van der Waals surface area contributed by atoms with Crippen molar-refractivity contribution in [3.8, 4) is 0 Å². The van der Waals surface area contributed by atoms with E-state index < -0.39 is 9.84 Å². The van der Waals surface area contributed by atoms with Crippen LogP contribution in [0.3, 0.4) is 0 Å². The predicted octanol–water partition coefficient (Wildman–Crippen LogP) is 1.39. The molecule has 2 aliphatic rings. The third-order valence-electron chi connectivity index (χ3n) is 3.49. The summed E-state index contributed by atoms with van der Waals surface area (Å²) in [5.74, 6) is 0.0623. The normalized spacial score (nSPS) is 25.0. The van der Waals surface area contributed by atoms with E-state index >= 15 is 0 Å². The maximum absolute atomic E-state index is 11.9. The van der Waals surface area contributed by atoms with Gasteiger partial charge in [-0.05, 0) is 18.2 Å². The molecule has 1 aromatic rings. The summed E-state index contributed by atoms with van der Waals surface area (Å²) in [6.45, 7) is 0.441. The number of fused-ring (bicyclic) bond motifs is 3. The van der Waals surface area contributed by atoms with E-state index in [2.05, 4.69) is 21.2 Å². The van der Waals surface area contributed by atoms with Gasteiger partial charge in [-0.15, -0.1) is 0 Å². The van der Waals surface area contributed by atoms with Gasteiger partial charge in [0.25, 0.3) is 0 Å². The number of carbonyl (C=O) groups excluding carboxylic acids is 1. The lowest BCUT2D eigenvalue weighted by Crippen LogP contribution is -2.48. The van der Waals surface area contributed by atoms with Crippen LogP contribution in [-0.4, -0.2) is 38.4 Å². The zero-order valence-corrected chi connectivity index (χ0v) is 12.5. The molecule has 1 N–H and O–H groups in total. The maximum Gasteiger partial charge on any atom is 0.226 e. The lowest BCUT2D eigenvalue weighted by Gasteiger charge is -2.35. The minimum Gasteiger partial charge on any atom is -0.364 e. The Bertz CT molecular complexity index is 644. The quantitative estimate of drug-likeness (QED) is 0.772. The van der Waals surface area contributed by atoms with Crippen molar-refractivity contribution in [1.29, 1.82) is 0 Å². The lowest BCUT2D eigenvalue weighted by atomic mass is 10.1. The summed E-state index contributed by atoms with van der Waals surface area (Å²) in [4.78, 5) is 13.9. The first-order chi connectivity index (χ1) is 8.94. The highest BCUT2D eigenvalue weighted by atomic mass is 79.9. The van der Waals surface area contributed by atoms with Crippen LogP contribution in [0.5, 0.6) is 0 Å². The molecule has 1 aromatic carbocycles. The van der Waals surface area contributed by atoms with Gasteiger partial charge in [0.05, 0.1) is 28.9 Å². The summed E-state index contributed by atoms with van der Waals surface area (Å²) < 4.78 is 24.3. The molecule has 0 radical (unpaired) electrons. The Kier molecular flexibility index (Phi) is 3.05. The van der Waals surface area contributed by atoms with Crippen LogP contribution in [0.4, 0.5) is 11.4 Å². The topological polar surface area (TPSA) is 66.5 Å². The number of rotatable bonds is 0. The van der Waals surface area contributed by atoms with E-state index in [1.54, 1.807) is 0 Å². The van der Waals surface area contributed by atoms with Gasteiger partial charge in [0.1, 0.15) is 0 Å². The van der Waals surface area contributed by atoms with Crippen LogP contribution >= 0.6 is 15.9 Å². The smallest absolute Gasteiger partial charge is 0.226 e. The maximum atomic E-state index is 11.9. The highest BCUT2D eigenvalue weighted by molar-refractivity contribution is 9.10. The van der Waals surface area contributed by atoms with Crippen molar-refractivity contribution in [2.24, 2.45) is 0 Å². The SMILES string of the molecule is O=C1CC2CS(=O)(=O)CCN2c2ccc(Br)cc2N1. The number of benzene rings is 1. The number of nitrogens with zero attached hydrogens (tertiary/aromatic N) is 1. The van der Waals surface area contributed by atoms with Crippen molar-refractivity contribution < 1.29 is 13.2 Å². The van der Waals surface area contributed by atoms with Crippen LogP contribution in [0.15, 0.2) is 22.7 Å². The number of amides is 1. The van der Waals surface area contributed by atoms with Gasteiger partial charge < -0.3 is 10.2 Å². The first-order valence-corrected chi connectivity index (χ1v) is 8.62. The molecular weight excluding hydrogens is 332 g/mol. The molecule has 1 fully saturated rings. The van der Waals surface area contributed by atoms with Crippen LogP contribution in [0.25, 0.3) is 0 Å². The van der Waals surface area contributed by atoms with Gasteiger partial charge in [-0.25, -0.2) is 8.42 Å². The fourth-order valence-corrected chi connectivity index (χ4v) is 4.53. The molecule has 5 nitrogen and oxygen atoms in total. The summed E-state index contributed by atoms with van der Waals surface area (Å²) in [5, 5.41) is 2.84. The third kappa shape index (κ3) is 2.49. The Balaban J connectivity index is 2.06. The molecule has 7 heteroatoms. The van der Waals surface area contributed by atoms with Crippen molar-refractivity contribution in [3.63, 3.8) is 0 Å². The number of halogens is 1. The van der Waals surface area contributed by atoms with Crippen LogP contribution in [0.2, 0.25) is 0 Å². The molecule has 0 spiro atoms. The molecule has 0 aromatic heterocycles. The van der Waals surface area contributed by atoms with E-state index in [0.29, 0.717) is 6.54 Å². The Morgan fingerprint density at radius 2 is 2.16 bits per heavy atom. The molecule has 1 atom stereocenters. The van der Waals surface area contributed by atoms with Crippen LogP contribution in [-0.2, 0) is 14.6 Å². The van der Waals surface area contributed by atoms with Gasteiger partial charge >= 0.3 is 0 Å². The highest BCUT2D eigenvalue weighted by Crippen LogP contribution is 2.35. The second kappa shape index (κ2) is 4.49. The Morgan fingerprint density at radius 1 is 1.37 bits per heavy atom. The third-order valence-corrected chi connectivity index (χ3v) is 5.68. The van der Waals surface area contributed by atoms with Crippen LogP contribution in [0.1, 0.15) is 6.42 Å². The van der Waals surface area contributed by atoms with Crippen LogP contribution < -0.4 is 10.2 Å². The lowest BCUT2D eigenvalue weighted by molar-refractivity contribution is -0.116. The molecule has 1 unspecified atom stereocenters.